The zero-order chi connectivity index (χ0) is 46.3. The van der Waals surface area contributed by atoms with E-state index in [4.69, 9.17) is 10.5 Å². The van der Waals surface area contributed by atoms with Crippen molar-refractivity contribution < 1.29 is 56.6 Å². The second kappa shape index (κ2) is 22.1. The predicted octanol–water partition coefficient (Wildman–Crippen LogP) is 4.27. The van der Waals surface area contributed by atoms with Crippen molar-refractivity contribution in [3.63, 3.8) is 0 Å². The van der Waals surface area contributed by atoms with Crippen LogP contribution in [-0.2, 0) is 47.7 Å². The van der Waals surface area contributed by atoms with Gasteiger partial charge in [0.2, 0.25) is 23.6 Å². The zero-order valence-electron chi connectivity index (χ0n) is 34.8. The third kappa shape index (κ3) is 16.0. The molecule has 0 aliphatic carbocycles. The van der Waals surface area contributed by atoms with Gasteiger partial charge in [-0.3, -0.25) is 24.0 Å². The Labute approximate surface area is 360 Å². The number of urea groups is 1. The van der Waals surface area contributed by atoms with Gasteiger partial charge in [-0.05, 0) is 81.5 Å². The number of aromatic nitrogens is 1. The van der Waals surface area contributed by atoms with E-state index in [9.17, 15) is 51.8 Å². The lowest BCUT2D eigenvalue weighted by molar-refractivity contribution is -0.141. The summed E-state index contributed by atoms with van der Waals surface area (Å²) < 4.78 is 44.2. The largest absolute Gasteiger partial charge is 0.481 e. The molecule has 17 nitrogen and oxygen atoms in total. The molecule has 10 N–H and O–H groups in total. The van der Waals surface area contributed by atoms with Gasteiger partial charge in [0.15, 0.2) is 0 Å². The van der Waals surface area contributed by atoms with Gasteiger partial charge in [0, 0.05) is 42.2 Å². The van der Waals surface area contributed by atoms with Crippen molar-refractivity contribution in [1.82, 2.24) is 31.6 Å². The quantitative estimate of drug-likeness (QED) is 0.0574. The lowest BCUT2D eigenvalue weighted by Crippen LogP contribution is -2.59. The molecule has 20 heteroatoms. The summed E-state index contributed by atoms with van der Waals surface area (Å²) in [4.78, 5) is 94.5. The van der Waals surface area contributed by atoms with Gasteiger partial charge in [0.05, 0.1) is 12.0 Å². The first-order valence-corrected chi connectivity index (χ1v) is 19.9. The summed E-state index contributed by atoms with van der Waals surface area (Å²) in [7, 11) is 0. The van der Waals surface area contributed by atoms with Crippen LogP contribution in [0.2, 0.25) is 0 Å². The Morgan fingerprint density at radius 1 is 0.730 bits per heavy atom. The van der Waals surface area contributed by atoms with Crippen LogP contribution in [0.25, 0.3) is 10.9 Å². The molecule has 0 spiro atoms. The van der Waals surface area contributed by atoms with Crippen LogP contribution in [0.5, 0.6) is 0 Å². The molecule has 1 aromatic heterocycles. The maximum absolute atomic E-state index is 14.1. The summed E-state index contributed by atoms with van der Waals surface area (Å²) in [5.41, 5.74) is 5.86. The summed E-state index contributed by atoms with van der Waals surface area (Å²) in [6, 6.07) is 13.1. The number of fused-ring (bicyclic) bond motifs is 1. The Balaban J connectivity index is 1.52. The highest BCUT2D eigenvalue weighted by Crippen LogP contribution is 2.30. The molecule has 4 aromatic rings. The average Bonchev–Trinajstić information content (AvgIpc) is 3.61. The minimum absolute atomic E-state index is 0.0120. The van der Waals surface area contributed by atoms with Crippen molar-refractivity contribution in [3.05, 3.63) is 102 Å². The van der Waals surface area contributed by atoms with Crippen molar-refractivity contribution >= 4 is 58.3 Å². The number of halogens is 3. The van der Waals surface area contributed by atoms with Gasteiger partial charge in [0.25, 0.3) is 0 Å². The minimum Gasteiger partial charge on any atom is -0.481 e. The van der Waals surface area contributed by atoms with Crippen LogP contribution in [0.4, 0.5) is 28.4 Å². The van der Waals surface area contributed by atoms with Crippen molar-refractivity contribution in [2.24, 2.45) is 5.73 Å². The van der Waals surface area contributed by atoms with E-state index in [0.29, 0.717) is 11.1 Å². The Kier molecular flexibility index (Phi) is 17.0. The number of anilines is 1. The maximum Gasteiger partial charge on any atom is 0.416 e. The van der Waals surface area contributed by atoms with Gasteiger partial charge in [-0.2, -0.15) is 13.2 Å². The Morgan fingerprint density at radius 2 is 1.33 bits per heavy atom. The highest BCUT2D eigenvalue weighted by molar-refractivity contribution is 5.97. The van der Waals surface area contributed by atoms with Gasteiger partial charge < -0.3 is 52.5 Å². The van der Waals surface area contributed by atoms with Crippen LogP contribution < -0.4 is 37.6 Å². The van der Waals surface area contributed by atoms with E-state index in [1.165, 1.54) is 0 Å². The smallest absolute Gasteiger partial charge is 0.416 e. The number of benzene rings is 3. The summed E-state index contributed by atoms with van der Waals surface area (Å²) in [6.45, 7) is 4.90. The highest BCUT2D eigenvalue weighted by Gasteiger charge is 2.33. The van der Waals surface area contributed by atoms with Crippen molar-refractivity contribution in [3.8, 4) is 0 Å². The van der Waals surface area contributed by atoms with E-state index in [0.717, 1.165) is 35.2 Å². The van der Waals surface area contributed by atoms with Crippen molar-refractivity contribution in [1.29, 1.82) is 0 Å². The van der Waals surface area contributed by atoms with Gasteiger partial charge in [0.1, 0.15) is 29.8 Å². The predicted molar refractivity (Wildman–Crippen MR) is 225 cm³/mol. The van der Waals surface area contributed by atoms with E-state index in [1.807, 2.05) is 18.2 Å². The molecule has 338 valence electrons. The number of nitrogens with two attached hydrogens (primary N) is 1. The number of unbranched alkanes of at least 4 members (excludes halogenated alkanes) is 1. The molecular weight excluding hydrogens is 830 g/mol. The van der Waals surface area contributed by atoms with Gasteiger partial charge in [-0.15, -0.1) is 0 Å². The SMILES string of the molecule is CC(C)(C)OC(=O)N[C@@H](Cc1c[nH]c2ccccc12)C(=O)N[C@@H](CCCCNC(=O)Nc1ccc(C(F)(F)F)cc1)C(=O)N[C@@H](CC(=O)O)C(=O)N[C@@H](Cc1ccccc1)C(N)=O. The molecule has 0 aliphatic rings. The van der Waals surface area contributed by atoms with E-state index in [1.54, 1.807) is 63.4 Å². The molecule has 0 saturated heterocycles. The number of ether oxygens (including phenoxy) is 1. The highest BCUT2D eigenvalue weighted by atomic mass is 19.4. The number of carbonyl (C=O) groups is 7. The number of aromatic amines is 1. The fourth-order valence-electron chi connectivity index (χ4n) is 6.31. The van der Waals surface area contributed by atoms with Gasteiger partial charge >= 0.3 is 24.3 Å². The minimum atomic E-state index is -4.55. The fourth-order valence-corrected chi connectivity index (χ4v) is 6.31. The number of rotatable bonds is 20. The summed E-state index contributed by atoms with van der Waals surface area (Å²) >= 11 is 0. The van der Waals surface area contributed by atoms with Crippen LogP contribution in [0.3, 0.4) is 0 Å². The molecule has 4 rings (SSSR count). The number of aliphatic carboxylic acids is 1. The lowest BCUT2D eigenvalue weighted by atomic mass is 10.0. The van der Waals surface area contributed by atoms with Crippen LogP contribution >= 0.6 is 0 Å². The number of H-pyrrole nitrogens is 1. The standard InChI is InChI=1S/C43H51F3N8O9/c1-42(2,3)63-41(62)54-33(22-26-24-49-30-14-8-7-13-29(26)30)38(59)51-31(15-9-10-20-48-40(61)50-28-18-16-27(17-19-28)43(44,45)46)37(58)53-34(23-35(55)56)39(60)52-32(36(47)57)21-25-11-5-4-6-12-25/h4-8,11-14,16-19,24,31-34,49H,9-10,15,20-23H2,1-3H3,(H2,47,57)(H,51,59)(H,52,60)(H,53,58)(H,54,62)(H,55,56)(H2,48,50,61)/t31-,32-,33-,34-/m0/s1. The van der Waals surface area contributed by atoms with Crippen molar-refractivity contribution in [2.45, 2.75) is 95.2 Å². The molecule has 3 aromatic carbocycles. The van der Waals surface area contributed by atoms with E-state index in [-0.39, 0.29) is 44.3 Å². The molecule has 0 unspecified atom stereocenters. The topological polar surface area (TPSA) is 263 Å². The molecule has 0 fully saturated rings. The normalized spacial score (nSPS) is 13.4. The number of carboxylic acids is 1. The van der Waals surface area contributed by atoms with Crippen LogP contribution in [-0.4, -0.2) is 88.1 Å². The molecule has 63 heavy (non-hydrogen) atoms. The number of para-hydroxylation sites is 1. The molecular formula is C43H51F3N8O9. The lowest BCUT2D eigenvalue weighted by Gasteiger charge is -2.27. The molecule has 0 saturated carbocycles. The van der Waals surface area contributed by atoms with Crippen LogP contribution in [0, 0.1) is 0 Å². The number of alkyl halides is 3. The Morgan fingerprint density at radius 3 is 1.97 bits per heavy atom. The number of amides is 7. The fraction of sp³-hybridized carbons (Fsp3) is 0.372. The number of hydrogen-bond acceptors (Lipinski definition) is 8. The van der Waals surface area contributed by atoms with Gasteiger partial charge in [-0.1, -0.05) is 48.5 Å². The molecule has 0 aliphatic heterocycles. The second-order valence-electron chi connectivity index (χ2n) is 15.6. The number of alkyl carbamates (subject to hydrolysis) is 1. The van der Waals surface area contributed by atoms with Crippen LogP contribution in [0.1, 0.15) is 63.1 Å². The number of carboxylic acid groups (broad SMARTS) is 1. The molecule has 0 bridgehead atoms. The third-order valence-corrected chi connectivity index (χ3v) is 9.37. The third-order valence-electron chi connectivity index (χ3n) is 9.37. The van der Waals surface area contributed by atoms with Crippen molar-refractivity contribution in [2.75, 3.05) is 11.9 Å². The molecule has 0 radical (unpaired) electrons. The number of nitrogens with one attached hydrogen (secondary N) is 7. The first-order chi connectivity index (χ1) is 29.7. The maximum atomic E-state index is 14.1. The van der Waals surface area contributed by atoms with E-state index in [2.05, 4.69) is 36.9 Å². The second-order valence-corrected chi connectivity index (χ2v) is 15.6. The summed E-state index contributed by atoms with van der Waals surface area (Å²) in [6.07, 6.45) is -4.63. The van der Waals surface area contributed by atoms with Crippen LogP contribution in [0.15, 0.2) is 85.1 Å². The number of hydrogen-bond donors (Lipinski definition) is 9. The molecule has 1 heterocycles. The first-order valence-electron chi connectivity index (χ1n) is 19.9. The summed E-state index contributed by atoms with van der Waals surface area (Å²) in [5.74, 6) is -5.26. The Bertz CT molecular complexity index is 2230. The van der Waals surface area contributed by atoms with Gasteiger partial charge in [-0.25, -0.2) is 9.59 Å². The first kappa shape index (κ1) is 48.5. The number of primary amides is 1. The average molecular weight is 881 g/mol. The van der Waals surface area contributed by atoms with E-state index < -0.39 is 89.7 Å². The zero-order valence-corrected chi connectivity index (χ0v) is 34.8. The summed E-state index contributed by atoms with van der Waals surface area (Å²) in [5, 5.41) is 25.4. The molecule has 4 atom stereocenters. The number of carbonyl (C=O) groups excluding carboxylic acids is 6. The van der Waals surface area contributed by atoms with E-state index >= 15 is 0 Å². The molecule has 7 amide bonds. The Hall–Kier alpha value is -7.12. The monoisotopic (exact) mass is 880 g/mol.